The number of hydrogen-bond acceptors (Lipinski definition) is 4. The summed E-state index contributed by atoms with van der Waals surface area (Å²) in [5, 5.41) is 11.0. The molecule has 0 aliphatic rings. The molecule has 0 aliphatic carbocycles. The van der Waals surface area contributed by atoms with Crippen LogP contribution >= 0.6 is 0 Å². The maximum atomic E-state index is 5.74. The second kappa shape index (κ2) is 11.5. The largest absolute Gasteiger partial charge is 0.497 e. The van der Waals surface area contributed by atoms with Crippen molar-refractivity contribution in [2.45, 2.75) is 13.3 Å². The van der Waals surface area contributed by atoms with Crippen LogP contribution in [0.25, 0.3) is 5.69 Å². The number of aromatic nitrogens is 2. The molecule has 0 fully saturated rings. The van der Waals surface area contributed by atoms with Crippen LogP contribution in [0, 0.1) is 0 Å². The number of para-hydroxylation sites is 1. The summed E-state index contributed by atoms with van der Waals surface area (Å²) in [6, 6.07) is 17.7. The Balaban J connectivity index is 1.43. The third-order valence-electron chi connectivity index (χ3n) is 4.39. The Morgan fingerprint density at radius 1 is 1.03 bits per heavy atom. The van der Waals surface area contributed by atoms with Crippen LogP contribution in [0.3, 0.4) is 0 Å². The van der Waals surface area contributed by atoms with Crippen molar-refractivity contribution in [1.82, 2.24) is 20.4 Å². The molecule has 2 aromatic carbocycles. The second-order valence-corrected chi connectivity index (χ2v) is 6.59. The molecule has 0 bridgehead atoms. The summed E-state index contributed by atoms with van der Waals surface area (Å²) in [6.45, 7) is 4.73. The molecular weight excluding hydrogens is 378 g/mol. The van der Waals surface area contributed by atoms with Crippen LogP contribution in [0.1, 0.15) is 12.5 Å². The zero-order valence-electron chi connectivity index (χ0n) is 17.5. The van der Waals surface area contributed by atoms with E-state index in [0.717, 1.165) is 41.7 Å². The van der Waals surface area contributed by atoms with E-state index < -0.39 is 0 Å². The fraction of sp³-hybridized carbons (Fsp3) is 0.304. The van der Waals surface area contributed by atoms with Gasteiger partial charge in [-0.25, -0.2) is 4.68 Å². The van der Waals surface area contributed by atoms with Gasteiger partial charge < -0.3 is 20.1 Å². The number of nitrogens with zero attached hydrogens (tertiary/aromatic N) is 3. The minimum Gasteiger partial charge on any atom is -0.497 e. The topological polar surface area (TPSA) is 72.7 Å². The fourth-order valence-corrected chi connectivity index (χ4v) is 2.86. The van der Waals surface area contributed by atoms with Gasteiger partial charge >= 0.3 is 0 Å². The predicted molar refractivity (Wildman–Crippen MR) is 120 cm³/mol. The van der Waals surface area contributed by atoms with Gasteiger partial charge in [0.1, 0.15) is 18.1 Å². The number of benzene rings is 2. The molecule has 1 aromatic heterocycles. The van der Waals surface area contributed by atoms with Gasteiger partial charge in [-0.15, -0.1) is 0 Å². The van der Waals surface area contributed by atoms with E-state index in [2.05, 4.69) is 27.6 Å². The molecule has 0 saturated heterocycles. The van der Waals surface area contributed by atoms with Gasteiger partial charge in [-0.1, -0.05) is 18.2 Å². The highest BCUT2D eigenvalue weighted by atomic mass is 16.5. The Bertz CT molecular complexity index is 907. The minimum atomic E-state index is 0.542. The third-order valence-corrected chi connectivity index (χ3v) is 4.39. The molecule has 3 aromatic rings. The van der Waals surface area contributed by atoms with Gasteiger partial charge in [-0.2, -0.15) is 5.10 Å². The van der Waals surface area contributed by atoms with E-state index in [0.29, 0.717) is 19.7 Å². The highest BCUT2D eigenvalue weighted by molar-refractivity contribution is 5.79. The van der Waals surface area contributed by atoms with Crippen molar-refractivity contribution in [2.75, 3.05) is 33.4 Å². The highest BCUT2D eigenvalue weighted by Crippen LogP contribution is 2.16. The summed E-state index contributed by atoms with van der Waals surface area (Å²) in [5.74, 6) is 2.41. The lowest BCUT2D eigenvalue weighted by Crippen LogP contribution is -2.39. The molecule has 0 saturated carbocycles. The SMILES string of the molecule is CCNC(=NCCc1cnn(-c2ccccc2)c1)NCCOc1ccc(OC)cc1. The van der Waals surface area contributed by atoms with Gasteiger partial charge in [0.2, 0.25) is 0 Å². The summed E-state index contributed by atoms with van der Waals surface area (Å²) in [4.78, 5) is 4.64. The molecule has 7 heteroatoms. The standard InChI is InChI=1S/C23H29N5O2/c1-3-24-23(26-15-16-30-22-11-9-21(29-2)10-12-22)25-14-13-19-17-27-28(18-19)20-7-5-4-6-8-20/h4-12,17-18H,3,13-16H2,1-2H3,(H2,24,25,26). The van der Waals surface area contributed by atoms with Crippen LogP contribution in [-0.2, 0) is 6.42 Å². The average molecular weight is 408 g/mol. The number of methoxy groups -OCH3 is 1. The zero-order valence-corrected chi connectivity index (χ0v) is 17.5. The van der Waals surface area contributed by atoms with E-state index in [-0.39, 0.29) is 0 Å². The first-order valence-corrected chi connectivity index (χ1v) is 10.2. The van der Waals surface area contributed by atoms with Crippen molar-refractivity contribution >= 4 is 5.96 Å². The van der Waals surface area contributed by atoms with Gasteiger partial charge in [0.25, 0.3) is 0 Å². The van der Waals surface area contributed by atoms with Crippen LogP contribution < -0.4 is 20.1 Å². The molecule has 7 nitrogen and oxygen atoms in total. The number of rotatable bonds is 10. The molecule has 0 amide bonds. The molecule has 3 rings (SSSR count). The quantitative estimate of drug-likeness (QED) is 0.307. The summed E-state index contributed by atoms with van der Waals surface area (Å²) in [6.07, 6.45) is 4.77. The van der Waals surface area contributed by atoms with Crippen molar-refractivity contribution in [3.8, 4) is 17.2 Å². The lowest BCUT2D eigenvalue weighted by molar-refractivity contribution is 0.321. The van der Waals surface area contributed by atoms with Crippen LogP contribution in [0.15, 0.2) is 72.0 Å². The smallest absolute Gasteiger partial charge is 0.191 e. The van der Waals surface area contributed by atoms with Crippen LogP contribution in [0.4, 0.5) is 0 Å². The van der Waals surface area contributed by atoms with Crippen molar-refractivity contribution in [3.05, 3.63) is 72.6 Å². The molecule has 0 radical (unpaired) electrons. The number of nitrogens with one attached hydrogen (secondary N) is 2. The van der Waals surface area contributed by atoms with Crippen LogP contribution in [-0.4, -0.2) is 49.1 Å². The molecule has 0 aliphatic heterocycles. The van der Waals surface area contributed by atoms with Gasteiger partial charge in [0, 0.05) is 19.3 Å². The highest BCUT2D eigenvalue weighted by Gasteiger charge is 2.02. The lowest BCUT2D eigenvalue weighted by Gasteiger charge is -2.12. The van der Waals surface area contributed by atoms with Crippen LogP contribution in [0.2, 0.25) is 0 Å². The first-order valence-electron chi connectivity index (χ1n) is 10.2. The molecule has 2 N–H and O–H groups in total. The number of guanidine groups is 1. The maximum absolute atomic E-state index is 5.74. The van der Waals surface area contributed by atoms with E-state index in [1.54, 1.807) is 7.11 Å². The Labute approximate surface area is 177 Å². The van der Waals surface area contributed by atoms with Crippen LogP contribution in [0.5, 0.6) is 11.5 Å². The van der Waals surface area contributed by atoms with E-state index in [9.17, 15) is 0 Å². The maximum Gasteiger partial charge on any atom is 0.191 e. The zero-order chi connectivity index (χ0) is 21.0. The predicted octanol–water partition coefficient (Wildman–Crippen LogP) is 3.06. The number of aliphatic imine (C=N–C) groups is 1. The van der Waals surface area contributed by atoms with Crippen molar-refractivity contribution in [2.24, 2.45) is 4.99 Å². The molecule has 30 heavy (non-hydrogen) atoms. The molecule has 0 atom stereocenters. The Hall–Kier alpha value is -3.48. The summed E-state index contributed by atoms with van der Waals surface area (Å²) in [7, 11) is 1.65. The summed E-state index contributed by atoms with van der Waals surface area (Å²) in [5.41, 5.74) is 2.21. The normalized spacial score (nSPS) is 11.2. The molecule has 0 unspecified atom stereocenters. The molecular formula is C23H29N5O2. The number of hydrogen-bond donors (Lipinski definition) is 2. The van der Waals surface area contributed by atoms with E-state index in [1.165, 1.54) is 0 Å². The summed E-state index contributed by atoms with van der Waals surface area (Å²) >= 11 is 0. The average Bonchev–Trinajstić information content (AvgIpc) is 3.26. The fourth-order valence-electron chi connectivity index (χ4n) is 2.86. The van der Waals surface area contributed by atoms with Crippen molar-refractivity contribution in [3.63, 3.8) is 0 Å². The second-order valence-electron chi connectivity index (χ2n) is 6.59. The van der Waals surface area contributed by atoms with Gasteiger partial charge in [-0.05, 0) is 55.3 Å². The van der Waals surface area contributed by atoms with Crippen molar-refractivity contribution < 1.29 is 9.47 Å². The first kappa shape index (κ1) is 21.2. The molecule has 0 spiro atoms. The minimum absolute atomic E-state index is 0.542. The van der Waals surface area contributed by atoms with Gasteiger partial charge in [0.15, 0.2) is 5.96 Å². The monoisotopic (exact) mass is 407 g/mol. The van der Waals surface area contributed by atoms with Gasteiger partial charge in [-0.3, -0.25) is 4.99 Å². The van der Waals surface area contributed by atoms with E-state index in [1.807, 2.05) is 71.7 Å². The van der Waals surface area contributed by atoms with E-state index >= 15 is 0 Å². The third kappa shape index (κ3) is 6.55. The Morgan fingerprint density at radius 3 is 2.53 bits per heavy atom. The first-order chi connectivity index (χ1) is 14.8. The molecule has 158 valence electrons. The Kier molecular flexibility index (Phi) is 8.14. The van der Waals surface area contributed by atoms with Gasteiger partial charge in [0.05, 0.1) is 25.5 Å². The summed E-state index contributed by atoms with van der Waals surface area (Å²) < 4.78 is 12.8. The lowest BCUT2D eigenvalue weighted by atomic mass is 10.2. The van der Waals surface area contributed by atoms with E-state index in [4.69, 9.17) is 9.47 Å². The number of ether oxygens (including phenoxy) is 2. The Morgan fingerprint density at radius 2 is 1.80 bits per heavy atom. The van der Waals surface area contributed by atoms with Crippen molar-refractivity contribution in [1.29, 1.82) is 0 Å². The molecule has 1 heterocycles.